The van der Waals surface area contributed by atoms with Crippen LogP contribution in [0.15, 0.2) is 29.4 Å². The number of fused-ring (bicyclic) bond motifs is 1. The van der Waals surface area contributed by atoms with Crippen molar-refractivity contribution in [1.82, 2.24) is 4.90 Å². The summed E-state index contributed by atoms with van der Waals surface area (Å²) in [6, 6.07) is 8.18. The molecule has 0 bridgehead atoms. The van der Waals surface area contributed by atoms with E-state index in [4.69, 9.17) is 9.94 Å². The van der Waals surface area contributed by atoms with E-state index in [2.05, 4.69) is 17.3 Å². The van der Waals surface area contributed by atoms with E-state index in [0.717, 1.165) is 12.8 Å². The van der Waals surface area contributed by atoms with Crippen LogP contribution >= 0.6 is 0 Å². The molecule has 0 radical (unpaired) electrons. The molecule has 1 amide bonds. The van der Waals surface area contributed by atoms with E-state index in [1.165, 1.54) is 11.1 Å². The highest BCUT2D eigenvalue weighted by molar-refractivity contribution is 6.36. The summed E-state index contributed by atoms with van der Waals surface area (Å²) < 4.78 is 0. The van der Waals surface area contributed by atoms with Crippen molar-refractivity contribution >= 4 is 17.6 Å². The van der Waals surface area contributed by atoms with Crippen LogP contribution < -0.4 is 0 Å². The predicted octanol–water partition coefficient (Wildman–Crippen LogP) is 0.843. The summed E-state index contributed by atoms with van der Waals surface area (Å²) in [5, 5.41) is 12.3. The molecule has 21 heavy (non-hydrogen) atoms. The van der Waals surface area contributed by atoms with E-state index in [1.807, 2.05) is 12.1 Å². The Morgan fingerprint density at radius 2 is 1.81 bits per heavy atom. The number of nitrogens with zero attached hydrogens (tertiary/aromatic N) is 2. The van der Waals surface area contributed by atoms with Crippen LogP contribution in [0.4, 0.5) is 0 Å². The average Bonchev–Trinajstić information content (AvgIpc) is 2.88. The van der Waals surface area contributed by atoms with Gasteiger partial charge in [0.25, 0.3) is 5.91 Å². The van der Waals surface area contributed by atoms with Crippen LogP contribution in [0, 0.1) is 0 Å². The van der Waals surface area contributed by atoms with Gasteiger partial charge in [-0.25, -0.2) is 4.79 Å². The molecule has 1 atom stereocenters. The maximum Gasteiger partial charge on any atom is 0.353 e. The van der Waals surface area contributed by atoms with Crippen LogP contribution in [0.1, 0.15) is 17.5 Å². The normalized spacial score (nSPS) is 21.0. The Balaban J connectivity index is 1.64. The molecule has 0 fully saturated rings. The van der Waals surface area contributed by atoms with Crippen LogP contribution in [0.5, 0.6) is 0 Å². The maximum absolute atomic E-state index is 12.4. The number of hydrogen-bond acceptors (Lipinski definition) is 4. The Morgan fingerprint density at radius 1 is 1.19 bits per heavy atom. The lowest BCUT2D eigenvalue weighted by Crippen LogP contribution is -2.41. The quantitative estimate of drug-likeness (QED) is 0.874. The molecule has 0 saturated heterocycles. The molecule has 6 heteroatoms. The summed E-state index contributed by atoms with van der Waals surface area (Å²) in [7, 11) is 0. The second kappa shape index (κ2) is 5.55. The highest BCUT2D eigenvalue weighted by atomic mass is 16.6. The van der Waals surface area contributed by atoms with Crippen LogP contribution in [0.25, 0.3) is 0 Å². The number of hydrogen-bond donors (Lipinski definition) is 1. The molecular formula is C15H16N2O4. The van der Waals surface area contributed by atoms with Gasteiger partial charge in [-0.3, -0.25) is 4.79 Å². The number of benzene rings is 1. The topological polar surface area (TPSA) is 79.2 Å². The Bertz CT molecular complexity index is 584. The molecule has 1 unspecified atom stereocenters. The molecule has 0 aromatic heterocycles. The van der Waals surface area contributed by atoms with Gasteiger partial charge in [0.1, 0.15) is 0 Å². The van der Waals surface area contributed by atoms with Crippen LogP contribution in [0.3, 0.4) is 0 Å². The summed E-state index contributed by atoms with van der Waals surface area (Å²) in [5.74, 6) is -1.31. The fourth-order valence-electron chi connectivity index (χ4n) is 2.73. The number of aliphatic carboxylic acids is 1. The zero-order chi connectivity index (χ0) is 14.8. The van der Waals surface area contributed by atoms with Crippen molar-refractivity contribution in [3.63, 3.8) is 0 Å². The first-order chi connectivity index (χ1) is 10.1. The second-order valence-corrected chi connectivity index (χ2v) is 5.24. The molecule has 2 aliphatic rings. The van der Waals surface area contributed by atoms with Crippen molar-refractivity contribution in [3.8, 4) is 0 Å². The van der Waals surface area contributed by atoms with Crippen LogP contribution in [0.2, 0.25) is 0 Å². The lowest BCUT2D eigenvalue weighted by atomic mass is 10.0. The molecule has 1 N–H and O–H groups in total. The van der Waals surface area contributed by atoms with Gasteiger partial charge in [-0.05, 0) is 24.0 Å². The van der Waals surface area contributed by atoms with Crippen molar-refractivity contribution in [2.24, 2.45) is 5.16 Å². The van der Waals surface area contributed by atoms with Gasteiger partial charge in [-0.1, -0.05) is 29.4 Å². The Kier molecular flexibility index (Phi) is 3.60. The van der Waals surface area contributed by atoms with E-state index in [-0.39, 0.29) is 18.0 Å². The van der Waals surface area contributed by atoms with Gasteiger partial charge in [0.15, 0.2) is 5.71 Å². The molecular weight excluding hydrogens is 272 g/mol. The van der Waals surface area contributed by atoms with Gasteiger partial charge in [0.2, 0.25) is 6.10 Å². The van der Waals surface area contributed by atoms with Crippen molar-refractivity contribution in [3.05, 3.63) is 35.4 Å². The lowest BCUT2D eigenvalue weighted by molar-refractivity contribution is -0.142. The first-order valence-corrected chi connectivity index (χ1v) is 6.96. The van der Waals surface area contributed by atoms with Gasteiger partial charge in [-0.2, -0.15) is 0 Å². The smallest absolute Gasteiger partial charge is 0.353 e. The molecule has 0 spiro atoms. The van der Waals surface area contributed by atoms with Gasteiger partial charge in [0.05, 0.1) is 0 Å². The van der Waals surface area contributed by atoms with Crippen molar-refractivity contribution in [2.75, 3.05) is 13.1 Å². The molecule has 6 nitrogen and oxygen atoms in total. The standard InChI is InChI=1S/C15H16N2O4/c18-14(13-9-12(15(19)20)16-21-13)17-7-5-10-3-1-2-4-11(10)6-8-17/h1-4,13H,5-9H2,(H,19,20). The van der Waals surface area contributed by atoms with Crippen molar-refractivity contribution < 1.29 is 19.5 Å². The summed E-state index contributed by atoms with van der Waals surface area (Å²) in [5.41, 5.74) is 2.44. The highest BCUT2D eigenvalue weighted by Crippen LogP contribution is 2.19. The van der Waals surface area contributed by atoms with E-state index in [1.54, 1.807) is 4.90 Å². The van der Waals surface area contributed by atoms with Gasteiger partial charge < -0.3 is 14.8 Å². The average molecular weight is 288 g/mol. The minimum absolute atomic E-state index is 0.0393. The fourth-order valence-corrected chi connectivity index (χ4v) is 2.73. The van der Waals surface area contributed by atoms with Gasteiger partial charge in [0, 0.05) is 19.5 Å². The number of carboxylic acid groups (broad SMARTS) is 1. The number of rotatable bonds is 2. The summed E-state index contributed by atoms with van der Waals surface area (Å²) >= 11 is 0. The number of oxime groups is 1. The van der Waals surface area contributed by atoms with Crippen molar-refractivity contribution in [1.29, 1.82) is 0 Å². The molecule has 110 valence electrons. The monoisotopic (exact) mass is 288 g/mol. The SMILES string of the molecule is O=C(O)C1=NOC(C(=O)N2CCc3ccccc3CC2)C1. The number of carbonyl (C=O) groups excluding carboxylic acids is 1. The Morgan fingerprint density at radius 3 is 2.33 bits per heavy atom. The van der Waals surface area contributed by atoms with Gasteiger partial charge >= 0.3 is 5.97 Å². The zero-order valence-electron chi connectivity index (χ0n) is 11.5. The molecule has 0 aliphatic carbocycles. The third-order valence-electron chi connectivity index (χ3n) is 3.92. The largest absolute Gasteiger partial charge is 0.477 e. The maximum atomic E-state index is 12.4. The molecule has 0 saturated carbocycles. The molecule has 2 heterocycles. The third-order valence-corrected chi connectivity index (χ3v) is 3.92. The summed E-state index contributed by atoms with van der Waals surface area (Å²) in [6.45, 7) is 1.25. The summed E-state index contributed by atoms with van der Waals surface area (Å²) in [4.78, 5) is 29.9. The number of carboxylic acids is 1. The Hall–Kier alpha value is -2.37. The van der Waals surface area contributed by atoms with Crippen LogP contribution in [-0.4, -0.2) is 46.8 Å². The van der Waals surface area contributed by atoms with E-state index in [9.17, 15) is 9.59 Å². The zero-order valence-corrected chi connectivity index (χ0v) is 11.5. The predicted molar refractivity (Wildman–Crippen MR) is 75.0 cm³/mol. The molecule has 1 aromatic carbocycles. The third kappa shape index (κ3) is 2.74. The Labute approximate surface area is 122 Å². The number of amides is 1. The molecule has 1 aromatic rings. The van der Waals surface area contributed by atoms with Crippen LogP contribution in [-0.2, 0) is 27.3 Å². The van der Waals surface area contributed by atoms with Gasteiger partial charge in [-0.15, -0.1) is 0 Å². The second-order valence-electron chi connectivity index (χ2n) is 5.24. The summed E-state index contributed by atoms with van der Waals surface area (Å²) in [6.07, 6.45) is 0.859. The van der Waals surface area contributed by atoms with E-state index in [0.29, 0.717) is 13.1 Å². The first kappa shape index (κ1) is 13.6. The molecule has 3 rings (SSSR count). The highest BCUT2D eigenvalue weighted by Gasteiger charge is 2.34. The van der Waals surface area contributed by atoms with E-state index >= 15 is 0 Å². The van der Waals surface area contributed by atoms with Crippen molar-refractivity contribution in [2.45, 2.75) is 25.4 Å². The minimum atomic E-state index is -1.13. The molecule has 2 aliphatic heterocycles. The lowest BCUT2D eigenvalue weighted by Gasteiger charge is -2.22. The first-order valence-electron chi connectivity index (χ1n) is 6.96. The van der Waals surface area contributed by atoms with E-state index < -0.39 is 12.1 Å². The minimum Gasteiger partial charge on any atom is -0.477 e. The fraction of sp³-hybridized carbons (Fsp3) is 0.400. The number of carbonyl (C=O) groups is 2.